The lowest BCUT2D eigenvalue weighted by atomic mass is 9.98. The zero-order chi connectivity index (χ0) is 24.7. The Bertz CT molecular complexity index is 976. The van der Waals surface area contributed by atoms with Crippen LogP contribution in [0.4, 0.5) is 4.79 Å². The minimum absolute atomic E-state index is 0.00174. The Hall–Kier alpha value is -3.35. The quantitative estimate of drug-likeness (QED) is 0.445. The zero-order valence-electron chi connectivity index (χ0n) is 20.0. The Labute approximate surface area is 200 Å². The van der Waals surface area contributed by atoms with Gasteiger partial charge in [-0.2, -0.15) is 0 Å². The molecular weight excluding hydrogens is 432 g/mol. The fourth-order valence-electron chi connectivity index (χ4n) is 4.52. The van der Waals surface area contributed by atoms with Gasteiger partial charge in [0.25, 0.3) is 0 Å². The summed E-state index contributed by atoms with van der Waals surface area (Å²) in [6, 6.07) is 14.9. The Morgan fingerprint density at radius 3 is 2.09 bits per heavy atom. The van der Waals surface area contributed by atoms with Crippen LogP contribution in [0.15, 0.2) is 48.5 Å². The minimum Gasteiger partial charge on any atom is -0.480 e. The smallest absolute Gasteiger partial charge is 0.407 e. The number of carboxylic acids is 1. The molecule has 2 aromatic rings. The summed E-state index contributed by atoms with van der Waals surface area (Å²) in [5.74, 6) is -1.69. The summed E-state index contributed by atoms with van der Waals surface area (Å²) in [6.07, 6.45) is 1.39. The van der Waals surface area contributed by atoms with Crippen molar-refractivity contribution in [1.82, 2.24) is 10.6 Å². The highest BCUT2D eigenvalue weighted by Gasteiger charge is 2.30. The monoisotopic (exact) mass is 466 g/mol. The van der Waals surface area contributed by atoms with Crippen LogP contribution >= 0.6 is 0 Å². The molecule has 3 atom stereocenters. The first-order valence-electron chi connectivity index (χ1n) is 12.0. The minimum atomic E-state index is -1.06. The van der Waals surface area contributed by atoms with Crippen LogP contribution in [0.1, 0.15) is 63.5 Å². The van der Waals surface area contributed by atoms with Crippen molar-refractivity contribution in [1.29, 1.82) is 0 Å². The number of amides is 2. The van der Waals surface area contributed by atoms with Crippen molar-refractivity contribution in [2.24, 2.45) is 5.92 Å². The van der Waals surface area contributed by atoms with Crippen LogP contribution < -0.4 is 10.6 Å². The summed E-state index contributed by atoms with van der Waals surface area (Å²) in [5, 5.41) is 14.8. The molecule has 1 aliphatic carbocycles. The summed E-state index contributed by atoms with van der Waals surface area (Å²) in [6.45, 7) is 5.83. The van der Waals surface area contributed by atoms with Crippen LogP contribution in [0.2, 0.25) is 0 Å². The van der Waals surface area contributed by atoms with Gasteiger partial charge < -0.3 is 20.5 Å². The van der Waals surface area contributed by atoms with Gasteiger partial charge in [-0.3, -0.25) is 4.79 Å². The number of carboxylic acid groups (broad SMARTS) is 1. The Balaban J connectivity index is 1.59. The molecule has 0 aromatic heterocycles. The first kappa shape index (κ1) is 25.3. The van der Waals surface area contributed by atoms with Crippen molar-refractivity contribution in [2.75, 3.05) is 6.61 Å². The van der Waals surface area contributed by atoms with Gasteiger partial charge in [-0.05, 0) is 34.6 Å². The van der Waals surface area contributed by atoms with E-state index in [-0.39, 0.29) is 24.9 Å². The number of rotatable bonds is 11. The standard InChI is InChI=1S/C27H34N2O5/c1-4-10-18(15-24(30)29-25(26(31)32)17(3)5-2)28-27(33)34-16-23-21-13-8-6-11-19(21)20-12-7-9-14-22(20)23/h6-9,11-14,17-18,23,25H,4-5,10,15-16H2,1-3H3,(H,28,33)(H,29,30)(H,31,32)/t17?,18?,25-/m0/s1. The van der Waals surface area contributed by atoms with Crippen LogP contribution in [-0.2, 0) is 14.3 Å². The lowest BCUT2D eigenvalue weighted by Crippen LogP contribution is -2.47. The third kappa shape index (κ3) is 5.95. The van der Waals surface area contributed by atoms with E-state index >= 15 is 0 Å². The molecule has 0 saturated heterocycles. The number of benzene rings is 2. The number of hydrogen-bond donors (Lipinski definition) is 3. The van der Waals surface area contributed by atoms with E-state index in [1.165, 1.54) is 0 Å². The van der Waals surface area contributed by atoms with E-state index in [1.807, 2.05) is 38.1 Å². The van der Waals surface area contributed by atoms with E-state index in [0.29, 0.717) is 12.8 Å². The predicted octanol–water partition coefficient (Wildman–Crippen LogP) is 4.70. The fourth-order valence-corrected chi connectivity index (χ4v) is 4.52. The Kier molecular flexibility index (Phi) is 8.68. The number of fused-ring (bicyclic) bond motifs is 3. The van der Waals surface area contributed by atoms with E-state index in [0.717, 1.165) is 28.7 Å². The summed E-state index contributed by atoms with van der Waals surface area (Å²) in [5.41, 5.74) is 4.57. The van der Waals surface area contributed by atoms with E-state index in [9.17, 15) is 19.5 Å². The van der Waals surface area contributed by atoms with Gasteiger partial charge in [0.2, 0.25) is 5.91 Å². The molecule has 0 saturated carbocycles. The molecule has 0 heterocycles. The van der Waals surface area contributed by atoms with Crippen molar-refractivity contribution in [3.63, 3.8) is 0 Å². The number of ether oxygens (including phenoxy) is 1. The molecule has 0 aliphatic heterocycles. The molecule has 2 amide bonds. The lowest BCUT2D eigenvalue weighted by molar-refractivity contribution is -0.143. The molecule has 7 heteroatoms. The molecule has 7 nitrogen and oxygen atoms in total. The highest BCUT2D eigenvalue weighted by molar-refractivity contribution is 5.84. The third-order valence-electron chi connectivity index (χ3n) is 6.53. The average molecular weight is 467 g/mol. The molecule has 0 radical (unpaired) electrons. The first-order valence-corrected chi connectivity index (χ1v) is 12.0. The number of aliphatic carboxylic acids is 1. The van der Waals surface area contributed by atoms with Gasteiger partial charge in [0.1, 0.15) is 12.6 Å². The van der Waals surface area contributed by atoms with Gasteiger partial charge in [0, 0.05) is 18.4 Å². The largest absolute Gasteiger partial charge is 0.480 e. The predicted molar refractivity (Wildman–Crippen MR) is 131 cm³/mol. The van der Waals surface area contributed by atoms with Crippen LogP contribution in [0, 0.1) is 5.92 Å². The Morgan fingerprint density at radius 2 is 1.56 bits per heavy atom. The zero-order valence-corrected chi connectivity index (χ0v) is 20.0. The van der Waals surface area contributed by atoms with E-state index < -0.39 is 30.1 Å². The summed E-state index contributed by atoms with van der Waals surface area (Å²) >= 11 is 0. The fraction of sp³-hybridized carbons (Fsp3) is 0.444. The number of carbonyl (C=O) groups is 3. The third-order valence-corrected chi connectivity index (χ3v) is 6.53. The molecule has 1 aliphatic rings. The van der Waals surface area contributed by atoms with E-state index in [1.54, 1.807) is 6.92 Å². The van der Waals surface area contributed by atoms with Gasteiger partial charge in [0.15, 0.2) is 0 Å². The molecular formula is C27H34N2O5. The maximum atomic E-state index is 12.6. The normalized spacial score (nSPS) is 14.9. The molecule has 182 valence electrons. The number of nitrogens with one attached hydrogen (secondary N) is 2. The van der Waals surface area contributed by atoms with Crippen molar-refractivity contribution in [3.8, 4) is 11.1 Å². The number of carbonyl (C=O) groups excluding carboxylic acids is 2. The summed E-state index contributed by atoms with van der Waals surface area (Å²) < 4.78 is 5.60. The maximum absolute atomic E-state index is 12.6. The number of alkyl carbamates (subject to hydrolysis) is 1. The van der Waals surface area contributed by atoms with Gasteiger partial charge in [-0.1, -0.05) is 82.1 Å². The SMILES string of the molecule is CCCC(CC(=O)N[C@H](C(=O)O)C(C)CC)NC(=O)OCC1c2ccccc2-c2ccccc21. The second kappa shape index (κ2) is 11.7. The van der Waals surface area contributed by atoms with Crippen LogP contribution in [0.25, 0.3) is 11.1 Å². The van der Waals surface area contributed by atoms with Crippen molar-refractivity contribution >= 4 is 18.0 Å². The average Bonchev–Trinajstić information content (AvgIpc) is 3.14. The summed E-state index contributed by atoms with van der Waals surface area (Å²) in [7, 11) is 0. The lowest BCUT2D eigenvalue weighted by Gasteiger charge is -2.23. The second-order valence-electron chi connectivity index (χ2n) is 8.93. The molecule has 3 N–H and O–H groups in total. The summed E-state index contributed by atoms with van der Waals surface area (Å²) in [4.78, 5) is 36.6. The molecule has 2 unspecified atom stereocenters. The van der Waals surface area contributed by atoms with Crippen molar-refractivity contribution in [3.05, 3.63) is 59.7 Å². The van der Waals surface area contributed by atoms with Gasteiger partial charge in [-0.25, -0.2) is 9.59 Å². The Morgan fingerprint density at radius 1 is 0.971 bits per heavy atom. The topological polar surface area (TPSA) is 105 Å². The highest BCUT2D eigenvalue weighted by Crippen LogP contribution is 2.44. The molecule has 0 fully saturated rings. The van der Waals surface area contributed by atoms with Crippen LogP contribution in [0.5, 0.6) is 0 Å². The van der Waals surface area contributed by atoms with Gasteiger partial charge in [-0.15, -0.1) is 0 Å². The van der Waals surface area contributed by atoms with E-state index in [2.05, 4.69) is 34.9 Å². The van der Waals surface area contributed by atoms with E-state index in [4.69, 9.17) is 4.74 Å². The molecule has 2 aromatic carbocycles. The van der Waals surface area contributed by atoms with Crippen LogP contribution in [-0.4, -0.2) is 41.8 Å². The van der Waals surface area contributed by atoms with Gasteiger partial charge >= 0.3 is 12.1 Å². The van der Waals surface area contributed by atoms with Crippen molar-refractivity contribution < 1.29 is 24.2 Å². The highest BCUT2D eigenvalue weighted by atomic mass is 16.5. The molecule has 3 rings (SSSR count). The first-order chi connectivity index (χ1) is 16.3. The van der Waals surface area contributed by atoms with Gasteiger partial charge in [0.05, 0.1) is 0 Å². The number of hydrogen-bond acceptors (Lipinski definition) is 4. The molecule has 34 heavy (non-hydrogen) atoms. The van der Waals surface area contributed by atoms with Crippen molar-refractivity contribution in [2.45, 2.75) is 64.5 Å². The second-order valence-corrected chi connectivity index (χ2v) is 8.93. The van der Waals surface area contributed by atoms with Crippen LogP contribution in [0.3, 0.4) is 0 Å². The maximum Gasteiger partial charge on any atom is 0.407 e. The molecule has 0 spiro atoms. The molecule has 0 bridgehead atoms.